The number of halogens is 2. The van der Waals surface area contributed by atoms with Gasteiger partial charge in [0, 0.05) is 22.3 Å². The SMILES string of the molecule is Cc1ccccc1NCc1cc(Br)cc(Br)c1OCc1cccc2ccccc12. The van der Waals surface area contributed by atoms with Gasteiger partial charge in [0.1, 0.15) is 12.4 Å². The Bertz CT molecular complexity index is 1150. The molecule has 0 radical (unpaired) electrons. The van der Waals surface area contributed by atoms with E-state index in [-0.39, 0.29) is 0 Å². The Hall–Kier alpha value is -2.30. The number of fused-ring (bicyclic) bond motifs is 1. The molecule has 0 aromatic heterocycles. The molecule has 0 saturated carbocycles. The van der Waals surface area contributed by atoms with Gasteiger partial charge in [-0.1, -0.05) is 76.6 Å². The summed E-state index contributed by atoms with van der Waals surface area (Å²) in [5.74, 6) is 0.863. The number of hydrogen-bond donors (Lipinski definition) is 1. The minimum absolute atomic E-state index is 0.513. The first-order valence-corrected chi connectivity index (χ1v) is 11.1. The van der Waals surface area contributed by atoms with Crippen LogP contribution in [0.5, 0.6) is 5.75 Å². The van der Waals surface area contributed by atoms with E-state index in [2.05, 4.69) is 111 Å². The van der Waals surface area contributed by atoms with E-state index in [0.717, 1.165) is 25.9 Å². The standard InChI is InChI=1S/C25H21Br2NO/c1-17-7-2-5-12-24(17)28-15-20-13-21(26)14-23(27)25(20)29-16-19-10-6-9-18-8-3-4-11-22(18)19/h2-14,28H,15-16H2,1H3. The lowest BCUT2D eigenvalue weighted by molar-refractivity contribution is 0.302. The van der Waals surface area contributed by atoms with Crippen molar-refractivity contribution in [2.75, 3.05) is 5.32 Å². The maximum atomic E-state index is 6.33. The lowest BCUT2D eigenvalue weighted by Gasteiger charge is -2.17. The lowest BCUT2D eigenvalue weighted by atomic mass is 10.1. The van der Waals surface area contributed by atoms with Gasteiger partial charge in [-0.15, -0.1) is 0 Å². The molecule has 0 amide bonds. The maximum Gasteiger partial charge on any atom is 0.139 e. The predicted octanol–water partition coefficient (Wildman–Crippen LogP) is 7.86. The van der Waals surface area contributed by atoms with Crippen molar-refractivity contribution in [1.82, 2.24) is 0 Å². The van der Waals surface area contributed by atoms with Gasteiger partial charge in [0.25, 0.3) is 0 Å². The summed E-state index contributed by atoms with van der Waals surface area (Å²) in [7, 11) is 0. The summed E-state index contributed by atoms with van der Waals surface area (Å²) >= 11 is 7.28. The molecule has 4 aromatic carbocycles. The molecule has 0 spiro atoms. The van der Waals surface area contributed by atoms with Crippen molar-refractivity contribution in [1.29, 1.82) is 0 Å². The van der Waals surface area contributed by atoms with Crippen molar-refractivity contribution in [2.45, 2.75) is 20.1 Å². The first-order valence-electron chi connectivity index (χ1n) is 9.48. The fraction of sp³-hybridized carbons (Fsp3) is 0.120. The predicted molar refractivity (Wildman–Crippen MR) is 129 cm³/mol. The number of aryl methyl sites for hydroxylation is 1. The third-order valence-electron chi connectivity index (χ3n) is 4.95. The quantitative estimate of drug-likeness (QED) is 0.285. The normalized spacial score (nSPS) is 10.9. The number of anilines is 1. The van der Waals surface area contributed by atoms with Crippen LogP contribution in [0.15, 0.2) is 87.8 Å². The molecule has 4 aromatic rings. The van der Waals surface area contributed by atoms with Crippen molar-refractivity contribution in [3.63, 3.8) is 0 Å². The third kappa shape index (κ3) is 4.65. The number of nitrogens with one attached hydrogen (secondary N) is 1. The minimum Gasteiger partial charge on any atom is -0.487 e. The van der Waals surface area contributed by atoms with Gasteiger partial charge in [0.2, 0.25) is 0 Å². The Morgan fingerprint density at radius 2 is 1.59 bits per heavy atom. The summed E-state index contributed by atoms with van der Waals surface area (Å²) in [6.07, 6.45) is 0. The molecule has 1 N–H and O–H groups in total. The fourth-order valence-electron chi connectivity index (χ4n) is 3.44. The van der Waals surface area contributed by atoms with Crippen molar-refractivity contribution >= 4 is 48.3 Å². The molecule has 29 heavy (non-hydrogen) atoms. The Morgan fingerprint density at radius 3 is 2.45 bits per heavy atom. The molecule has 0 heterocycles. The maximum absolute atomic E-state index is 6.33. The zero-order chi connectivity index (χ0) is 20.2. The molecule has 0 aliphatic rings. The van der Waals surface area contributed by atoms with Crippen LogP contribution in [0.3, 0.4) is 0 Å². The first kappa shape index (κ1) is 20.0. The molecule has 0 atom stereocenters. The van der Waals surface area contributed by atoms with Gasteiger partial charge in [-0.25, -0.2) is 0 Å². The van der Waals surface area contributed by atoms with Crippen LogP contribution in [0.25, 0.3) is 10.8 Å². The molecular formula is C25H21Br2NO. The number of para-hydroxylation sites is 1. The van der Waals surface area contributed by atoms with Crippen molar-refractivity contribution < 1.29 is 4.74 Å². The summed E-state index contributed by atoms with van der Waals surface area (Å²) in [6, 6.07) is 27.2. The molecule has 2 nitrogen and oxygen atoms in total. The molecule has 4 rings (SSSR count). The minimum atomic E-state index is 0.513. The second-order valence-electron chi connectivity index (χ2n) is 6.97. The molecule has 0 bridgehead atoms. The average Bonchev–Trinajstić information content (AvgIpc) is 2.72. The van der Waals surface area contributed by atoms with Crippen LogP contribution in [-0.2, 0) is 13.2 Å². The van der Waals surface area contributed by atoms with Crippen LogP contribution in [0.2, 0.25) is 0 Å². The summed E-state index contributed by atoms with van der Waals surface area (Å²) in [5, 5.41) is 5.98. The molecule has 0 fully saturated rings. The smallest absolute Gasteiger partial charge is 0.139 e. The molecule has 146 valence electrons. The van der Waals surface area contributed by atoms with Crippen LogP contribution < -0.4 is 10.1 Å². The van der Waals surface area contributed by atoms with E-state index in [4.69, 9.17) is 4.74 Å². The van der Waals surface area contributed by atoms with Crippen LogP contribution >= 0.6 is 31.9 Å². The molecular weight excluding hydrogens is 490 g/mol. The van der Waals surface area contributed by atoms with E-state index in [1.807, 2.05) is 12.1 Å². The van der Waals surface area contributed by atoms with Gasteiger partial charge in [0.05, 0.1) is 4.47 Å². The van der Waals surface area contributed by atoms with Gasteiger partial charge >= 0.3 is 0 Å². The largest absolute Gasteiger partial charge is 0.487 e. The van der Waals surface area contributed by atoms with Gasteiger partial charge < -0.3 is 10.1 Å². The first-order chi connectivity index (χ1) is 14.1. The van der Waals surface area contributed by atoms with E-state index < -0.39 is 0 Å². The summed E-state index contributed by atoms with van der Waals surface area (Å²) in [6.45, 7) is 3.30. The Kier molecular flexibility index (Phi) is 6.22. The zero-order valence-corrected chi connectivity index (χ0v) is 19.3. The van der Waals surface area contributed by atoms with Crippen molar-refractivity contribution in [3.8, 4) is 5.75 Å². The Labute approximate surface area is 188 Å². The average molecular weight is 511 g/mol. The Balaban J connectivity index is 1.59. The van der Waals surface area contributed by atoms with Gasteiger partial charge in [-0.3, -0.25) is 0 Å². The number of hydrogen-bond acceptors (Lipinski definition) is 2. The topological polar surface area (TPSA) is 21.3 Å². The van der Waals surface area contributed by atoms with Gasteiger partial charge in [-0.05, 0) is 63.0 Å². The highest BCUT2D eigenvalue weighted by atomic mass is 79.9. The van der Waals surface area contributed by atoms with Crippen LogP contribution in [-0.4, -0.2) is 0 Å². The van der Waals surface area contributed by atoms with E-state index in [9.17, 15) is 0 Å². The number of rotatable bonds is 6. The van der Waals surface area contributed by atoms with Gasteiger partial charge in [-0.2, -0.15) is 0 Å². The molecule has 4 heteroatoms. The second kappa shape index (κ2) is 9.02. The van der Waals surface area contributed by atoms with Crippen LogP contribution in [0, 0.1) is 6.92 Å². The molecule has 0 saturated heterocycles. The van der Waals surface area contributed by atoms with Crippen molar-refractivity contribution in [2.24, 2.45) is 0 Å². The van der Waals surface area contributed by atoms with Crippen LogP contribution in [0.4, 0.5) is 5.69 Å². The van der Waals surface area contributed by atoms with Gasteiger partial charge in [0.15, 0.2) is 0 Å². The Morgan fingerprint density at radius 1 is 0.828 bits per heavy atom. The highest BCUT2D eigenvalue weighted by Crippen LogP contribution is 2.34. The zero-order valence-electron chi connectivity index (χ0n) is 16.1. The third-order valence-corrected chi connectivity index (χ3v) is 6.00. The lowest BCUT2D eigenvalue weighted by Crippen LogP contribution is -2.05. The molecule has 0 aliphatic heterocycles. The van der Waals surface area contributed by atoms with Crippen LogP contribution in [0.1, 0.15) is 16.7 Å². The summed E-state index contributed by atoms with van der Waals surface area (Å²) < 4.78 is 8.28. The van der Waals surface area contributed by atoms with E-state index >= 15 is 0 Å². The van der Waals surface area contributed by atoms with E-state index in [1.54, 1.807) is 0 Å². The molecule has 0 unspecified atom stereocenters. The fourth-order valence-corrected chi connectivity index (χ4v) is 4.86. The van der Waals surface area contributed by atoms with E-state index in [1.165, 1.54) is 21.9 Å². The monoisotopic (exact) mass is 509 g/mol. The second-order valence-corrected chi connectivity index (χ2v) is 8.74. The highest BCUT2D eigenvalue weighted by Gasteiger charge is 2.12. The summed E-state index contributed by atoms with van der Waals surface area (Å²) in [5.41, 5.74) is 4.62. The molecule has 0 aliphatic carbocycles. The number of benzene rings is 4. The summed E-state index contributed by atoms with van der Waals surface area (Å²) in [4.78, 5) is 0. The highest BCUT2D eigenvalue weighted by molar-refractivity contribution is 9.11. The van der Waals surface area contributed by atoms with Crippen molar-refractivity contribution in [3.05, 3.63) is 104 Å². The number of ether oxygens (including phenoxy) is 1. The van der Waals surface area contributed by atoms with E-state index in [0.29, 0.717) is 13.2 Å².